The normalized spacial score (nSPS) is 17.2. The van der Waals surface area contributed by atoms with E-state index in [1.807, 2.05) is 36.4 Å². The number of nitrogens with zero attached hydrogens (tertiary/aromatic N) is 4. The van der Waals surface area contributed by atoms with Crippen LogP contribution in [0.2, 0.25) is 0 Å². The monoisotopic (exact) mass is 392 g/mol. The van der Waals surface area contributed by atoms with Crippen molar-refractivity contribution in [2.24, 2.45) is 0 Å². The maximum absolute atomic E-state index is 13.4. The Labute approximate surface area is 167 Å². The number of hydrogen-bond donors (Lipinski definition) is 0. The van der Waals surface area contributed by atoms with Crippen LogP contribution in [0.15, 0.2) is 42.6 Å². The number of pyridine rings is 1. The fraction of sp³-hybridized carbons (Fsp3) is 0.318. The van der Waals surface area contributed by atoms with E-state index >= 15 is 0 Å². The molecule has 29 heavy (non-hydrogen) atoms. The Morgan fingerprint density at radius 3 is 2.76 bits per heavy atom. The van der Waals surface area contributed by atoms with Gasteiger partial charge in [-0.25, -0.2) is 8.91 Å². The second-order valence-electron chi connectivity index (χ2n) is 7.77. The molecule has 3 aromatic rings. The Morgan fingerprint density at radius 2 is 1.97 bits per heavy atom. The highest BCUT2D eigenvalue weighted by atomic mass is 19.1. The zero-order chi connectivity index (χ0) is 20.1. The van der Waals surface area contributed by atoms with E-state index in [0.29, 0.717) is 49.1 Å². The van der Waals surface area contributed by atoms with Crippen LogP contribution in [-0.4, -0.2) is 57.5 Å². The van der Waals surface area contributed by atoms with Gasteiger partial charge in [-0.05, 0) is 36.6 Å². The number of amides is 2. The molecule has 4 heterocycles. The molecular formula is C22H21FN4O2. The lowest BCUT2D eigenvalue weighted by molar-refractivity contribution is 0.0668. The number of aromatic nitrogens is 2. The predicted molar refractivity (Wildman–Crippen MR) is 106 cm³/mol. The largest absolute Gasteiger partial charge is 0.338 e. The zero-order valence-electron chi connectivity index (χ0n) is 16.1. The number of rotatable bonds is 2. The lowest BCUT2D eigenvalue weighted by atomic mass is 10.0. The molecule has 0 unspecified atom stereocenters. The summed E-state index contributed by atoms with van der Waals surface area (Å²) in [5.74, 6) is -0.101. The number of benzene rings is 1. The van der Waals surface area contributed by atoms with Crippen LogP contribution >= 0.6 is 0 Å². The number of piperidine rings is 1. The zero-order valence-corrected chi connectivity index (χ0v) is 16.1. The van der Waals surface area contributed by atoms with Crippen molar-refractivity contribution >= 4 is 17.3 Å². The summed E-state index contributed by atoms with van der Waals surface area (Å²) in [4.78, 5) is 28.7. The fourth-order valence-corrected chi connectivity index (χ4v) is 4.22. The van der Waals surface area contributed by atoms with Crippen molar-refractivity contribution < 1.29 is 14.0 Å². The number of fused-ring (bicyclic) bond motifs is 2. The first-order valence-electron chi connectivity index (χ1n) is 9.82. The van der Waals surface area contributed by atoms with Gasteiger partial charge >= 0.3 is 0 Å². The highest BCUT2D eigenvalue weighted by Crippen LogP contribution is 2.29. The number of hydrogen-bond acceptors (Lipinski definition) is 3. The van der Waals surface area contributed by atoms with E-state index in [1.165, 1.54) is 0 Å². The number of carbonyl (C=O) groups excluding carboxylic acids is 2. The van der Waals surface area contributed by atoms with Gasteiger partial charge in [0.05, 0.1) is 23.0 Å². The van der Waals surface area contributed by atoms with Gasteiger partial charge in [0.25, 0.3) is 11.8 Å². The lowest BCUT2D eigenvalue weighted by Gasteiger charge is -2.28. The van der Waals surface area contributed by atoms with Gasteiger partial charge in [-0.15, -0.1) is 0 Å². The van der Waals surface area contributed by atoms with Gasteiger partial charge in [-0.3, -0.25) is 9.59 Å². The molecule has 0 aliphatic carbocycles. The first-order chi connectivity index (χ1) is 14.0. The van der Waals surface area contributed by atoms with Crippen LogP contribution in [0.25, 0.3) is 16.8 Å². The average Bonchev–Trinajstić information content (AvgIpc) is 3.29. The van der Waals surface area contributed by atoms with E-state index in [-0.39, 0.29) is 11.8 Å². The van der Waals surface area contributed by atoms with Crippen molar-refractivity contribution in [1.82, 2.24) is 19.4 Å². The van der Waals surface area contributed by atoms with Crippen molar-refractivity contribution in [2.45, 2.75) is 25.6 Å². The number of alkyl halides is 1. The summed E-state index contributed by atoms with van der Waals surface area (Å²) in [6.07, 6.45) is 1.52. The minimum absolute atomic E-state index is 0.0154. The maximum atomic E-state index is 13.4. The quantitative estimate of drug-likeness (QED) is 0.673. The smallest absolute Gasteiger partial charge is 0.257 e. The minimum Gasteiger partial charge on any atom is -0.338 e. The van der Waals surface area contributed by atoms with Crippen LogP contribution in [0.4, 0.5) is 4.39 Å². The predicted octanol–water partition coefficient (Wildman–Crippen LogP) is 3.16. The Morgan fingerprint density at radius 1 is 1.17 bits per heavy atom. The van der Waals surface area contributed by atoms with Gasteiger partial charge in [0.2, 0.25) is 0 Å². The molecule has 1 fully saturated rings. The first-order valence-corrected chi connectivity index (χ1v) is 9.82. The highest BCUT2D eigenvalue weighted by molar-refractivity contribution is 6.01. The van der Waals surface area contributed by atoms with E-state index < -0.39 is 6.17 Å². The van der Waals surface area contributed by atoms with Crippen LogP contribution in [0, 0.1) is 0 Å². The molecule has 0 saturated carbocycles. The van der Waals surface area contributed by atoms with E-state index in [4.69, 9.17) is 0 Å². The van der Waals surface area contributed by atoms with Gasteiger partial charge < -0.3 is 9.80 Å². The molecule has 6 nitrogen and oxygen atoms in total. The van der Waals surface area contributed by atoms with Gasteiger partial charge in [0, 0.05) is 37.8 Å². The molecule has 2 aromatic heterocycles. The molecule has 5 rings (SSSR count). The fourth-order valence-electron chi connectivity index (χ4n) is 4.22. The van der Waals surface area contributed by atoms with Crippen molar-refractivity contribution in [2.75, 3.05) is 20.1 Å². The summed E-state index contributed by atoms with van der Waals surface area (Å²) < 4.78 is 15.2. The Kier molecular flexibility index (Phi) is 4.12. The molecule has 0 spiro atoms. The van der Waals surface area contributed by atoms with Gasteiger partial charge in [0.1, 0.15) is 6.17 Å². The van der Waals surface area contributed by atoms with Gasteiger partial charge in [-0.2, -0.15) is 5.10 Å². The van der Waals surface area contributed by atoms with Crippen molar-refractivity contribution in [3.05, 3.63) is 59.3 Å². The third-order valence-corrected chi connectivity index (χ3v) is 5.88. The first kappa shape index (κ1) is 17.8. The third kappa shape index (κ3) is 2.88. The van der Waals surface area contributed by atoms with Crippen LogP contribution in [-0.2, 0) is 6.54 Å². The van der Waals surface area contributed by atoms with Crippen molar-refractivity contribution in [3.63, 3.8) is 0 Å². The van der Waals surface area contributed by atoms with Crippen LogP contribution in [0.1, 0.15) is 39.1 Å². The second kappa shape index (κ2) is 6.69. The molecule has 148 valence electrons. The number of halogens is 1. The summed E-state index contributed by atoms with van der Waals surface area (Å²) in [5, 5.41) is 4.45. The molecule has 1 aromatic carbocycles. The summed E-state index contributed by atoms with van der Waals surface area (Å²) in [7, 11) is 1.79. The summed E-state index contributed by atoms with van der Waals surface area (Å²) in [6.45, 7) is 1.48. The maximum Gasteiger partial charge on any atom is 0.257 e. The molecule has 0 radical (unpaired) electrons. The van der Waals surface area contributed by atoms with Crippen LogP contribution < -0.4 is 0 Å². The third-order valence-electron chi connectivity index (χ3n) is 5.88. The van der Waals surface area contributed by atoms with Crippen LogP contribution in [0.5, 0.6) is 0 Å². The van der Waals surface area contributed by atoms with Crippen molar-refractivity contribution in [3.8, 4) is 11.3 Å². The summed E-state index contributed by atoms with van der Waals surface area (Å²) in [5.41, 5.74) is 4.63. The molecular weight excluding hydrogens is 371 g/mol. The number of likely N-dealkylation sites (tertiary alicyclic amines) is 1. The van der Waals surface area contributed by atoms with Gasteiger partial charge in [0.15, 0.2) is 0 Å². The van der Waals surface area contributed by atoms with E-state index in [9.17, 15) is 14.0 Å². The Hall–Kier alpha value is -3.22. The Bertz CT molecular complexity index is 1130. The van der Waals surface area contributed by atoms with E-state index in [2.05, 4.69) is 5.10 Å². The SMILES string of the molecule is CN1Cc2ccc(-c3cccc4c(C(=O)N5CCC(F)CC5)cnn34)cc2C1=O. The molecule has 2 aliphatic rings. The average molecular weight is 392 g/mol. The van der Waals surface area contributed by atoms with Gasteiger partial charge in [-0.1, -0.05) is 18.2 Å². The molecule has 0 bridgehead atoms. The molecule has 2 amide bonds. The van der Waals surface area contributed by atoms with Crippen molar-refractivity contribution in [1.29, 1.82) is 0 Å². The lowest BCUT2D eigenvalue weighted by Crippen LogP contribution is -2.39. The Balaban J connectivity index is 1.53. The molecule has 7 heteroatoms. The van der Waals surface area contributed by atoms with E-state index in [1.54, 1.807) is 27.6 Å². The second-order valence-corrected chi connectivity index (χ2v) is 7.77. The molecule has 1 saturated heterocycles. The molecule has 0 N–H and O–H groups in total. The molecule has 2 aliphatic heterocycles. The molecule has 0 atom stereocenters. The highest BCUT2D eigenvalue weighted by Gasteiger charge is 2.27. The summed E-state index contributed by atoms with van der Waals surface area (Å²) >= 11 is 0. The summed E-state index contributed by atoms with van der Waals surface area (Å²) in [6, 6.07) is 11.5. The number of carbonyl (C=O) groups is 2. The standard InChI is InChI=1S/C22H21FN4O2/c1-25-13-15-6-5-14(11-17(15)21(25)28)19-3-2-4-20-18(12-24-27(19)20)22(29)26-9-7-16(23)8-10-26/h2-6,11-12,16H,7-10,13H2,1H3. The van der Waals surface area contributed by atoms with Crippen LogP contribution in [0.3, 0.4) is 0 Å². The minimum atomic E-state index is -0.823. The van der Waals surface area contributed by atoms with E-state index in [0.717, 1.165) is 16.8 Å². The topological polar surface area (TPSA) is 57.9 Å².